The van der Waals surface area contributed by atoms with Gasteiger partial charge in [-0.05, 0) is 58.0 Å². The van der Waals surface area contributed by atoms with Crippen molar-refractivity contribution in [3.8, 4) is 0 Å². The monoisotopic (exact) mass is 364 g/mol. The second kappa shape index (κ2) is 8.39. The molecule has 0 spiro atoms. The smallest absolute Gasteiger partial charge is 0.255 e. The lowest BCUT2D eigenvalue weighted by molar-refractivity contribution is 0.0773. The number of carbonyl (C=O) groups excluding carboxylic acids is 1. The Labute approximate surface area is 155 Å². The summed E-state index contributed by atoms with van der Waals surface area (Å²) in [5, 5.41) is 7.49. The van der Waals surface area contributed by atoms with Crippen LogP contribution in [0.25, 0.3) is 0 Å². The van der Waals surface area contributed by atoms with Crippen LogP contribution in [0.5, 0.6) is 0 Å². The molecule has 1 aromatic carbocycles. The van der Waals surface area contributed by atoms with Gasteiger partial charge in [-0.1, -0.05) is 11.6 Å². The molecule has 0 bridgehead atoms. The van der Waals surface area contributed by atoms with Crippen LogP contribution in [-0.2, 0) is 0 Å². The summed E-state index contributed by atoms with van der Waals surface area (Å²) in [5.74, 6) is 0.00211. The van der Waals surface area contributed by atoms with Crippen LogP contribution in [-0.4, -0.2) is 67.1 Å². The summed E-state index contributed by atoms with van der Waals surface area (Å²) >= 11 is 6.37. The number of benzene rings is 1. The predicted molar refractivity (Wildman–Crippen MR) is 104 cm³/mol. The van der Waals surface area contributed by atoms with E-state index in [9.17, 15) is 4.79 Å². The number of amides is 1. The Morgan fingerprint density at radius 1 is 1.28 bits per heavy atom. The summed E-state index contributed by atoms with van der Waals surface area (Å²) in [6.45, 7) is 9.80. The molecule has 1 aromatic rings. The maximum atomic E-state index is 12.5. The third-order valence-electron chi connectivity index (χ3n) is 5.36. The third kappa shape index (κ3) is 4.27. The molecule has 25 heavy (non-hydrogen) atoms. The zero-order valence-corrected chi connectivity index (χ0v) is 16.0. The minimum Gasteiger partial charge on any atom is -0.380 e. The van der Waals surface area contributed by atoms with Gasteiger partial charge in [-0.2, -0.15) is 0 Å². The minimum absolute atomic E-state index is 0.00211. The number of halogens is 1. The van der Waals surface area contributed by atoms with E-state index >= 15 is 0 Å². The quantitative estimate of drug-likeness (QED) is 0.814. The van der Waals surface area contributed by atoms with Crippen LogP contribution in [0.15, 0.2) is 18.2 Å². The molecular weight excluding hydrogens is 336 g/mol. The molecule has 1 amide bonds. The zero-order valence-electron chi connectivity index (χ0n) is 15.2. The van der Waals surface area contributed by atoms with E-state index in [1.807, 2.05) is 32.0 Å². The van der Waals surface area contributed by atoms with Crippen LogP contribution in [0.2, 0.25) is 5.02 Å². The van der Waals surface area contributed by atoms with E-state index < -0.39 is 0 Å². The maximum Gasteiger partial charge on any atom is 0.255 e. The first-order valence-corrected chi connectivity index (χ1v) is 9.80. The third-order valence-corrected chi connectivity index (χ3v) is 5.67. The molecule has 2 aliphatic heterocycles. The average Bonchev–Trinajstić information content (AvgIpc) is 2.59. The standard InChI is InChI=1S/C19H29ClN4O/c1-3-23(4-2)19(25)17-6-5-14(11-18(17)20)22-15-12-24(13-15)16-7-9-21-10-8-16/h5-6,11,15-16,21-22H,3-4,7-10,12-13H2,1-2H3. The zero-order chi connectivity index (χ0) is 17.8. The second-order valence-electron chi connectivity index (χ2n) is 6.95. The van der Waals surface area contributed by atoms with Gasteiger partial charge in [0.25, 0.3) is 5.91 Å². The van der Waals surface area contributed by atoms with Crippen LogP contribution in [0.4, 0.5) is 5.69 Å². The molecule has 0 radical (unpaired) electrons. The van der Waals surface area contributed by atoms with Crippen molar-refractivity contribution in [2.45, 2.75) is 38.8 Å². The summed E-state index contributed by atoms with van der Waals surface area (Å²) in [7, 11) is 0. The molecule has 2 fully saturated rings. The van der Waals surface area contributed by atoms with E-state index in [0.717, 1.165) is 37.9 Å². The highest BCUT2D eigenvalue weighted by atomic mass is 35.5. The van der Waals surface area contributed by atoms with Crippen LogP contribution < -0.4 is 10.6 Å². The molecule has 0 atom stereocenters. The Morgan fingerprint density at radius 2 is 1.96 bits per heavy atom. The van der Waals surface area contributed by atoms with Crippen molar-refractivity contribution < 1.29 is 4.79 Å². The SMILES string of the molecule is CCN(CC)C(=O)c1ccc(NC2CN(C3CCNCC3)C2)cc1Cl. The van der Waals surface area contributed by atoms with Crippen molar-refractivity contribution in [1.82, 2.24) is 15.1 Å². The van der Waals surface area contributed by atoms with Crippen LogP contribution in [0.1, 0.15) is 37.0 Å². The number of anilines is 1. The lowest BCUT2D eigenvalue weighted by atomic mass is 9.98. The number of nitrogens with one attached hydrogen (secondary N) is 2. The number of hydrogen-bond acceptors (Lipinski definition) is 4. The Kier molecular flexibility index (Phi) is 6.20. The highest BCUT2D eigenvalue weighted by molar-refractivity contribution is 6.34. The fourth-order valence-electron chi connectivity index (χ4n) is 3.77. The minimum atomic E-state index is 0.00211. The number of nitrogens with zero attached hydrogens (tertiary/aromatic N) is 2. The van der Waals surface area contributed by atoms with E-state index in [1.54, 1.807) is 4.90 Å². The van der Waals surface area contributed by atoms with Crippen molar-refractivity contribution in [3.05, 3.63) is 28.8 Å². The van der Waals surface area contributed by atoms with E-state index in [1.165, 1.54) is 12.8 Å². The second-order valence-corrected chi connectivity index (χ2v) is 7.36. The van der Waals surface area contributed by atoms with Crippen molar-refractivity contribution in [2.75, 3.05) is 44.6 Å². The van der Waals surface area contributed by atoms with Crippen molar-refractivity contribution in [3.63, 3.8) is 0 Å². The number of hydrogen-bond donors (Lipinski definition) is 2. The molecule has 5 nitrogen and oxygen atoms in total. The average molecular weight is 365 g/mol. The number of piperidine rings is 1. The Bertz CT molecular complexity index is 593. The molecule has 2 saturated heterocycles. The predicted octanol–water partition coefficient (Wildman–Crippen LogP) is 2.67. The molecular formula is C19H29ClN4O. The Balaban J connectivity index is 1.54. The van der Waals surface area contributed by atoms with Crippen molar-refractivity contribution >= 4 is 23.2 Å². The van der Waals surface area contributed by atoms with E-state index in [2.05, 4.69) is 15.5 Å². The molecule has 0 saturated carbocycles. The number of rotatable bonds is 6. The molecule has 2 heterocycles. The Hall–Kier alpha value is -1.30. The molecule has 0 aliphatic carbocycles. The lowest BCUT2D eigenvalue weighted by Crippen LogP contribution is -2.60. The largest absolute Gasteiger partial charge is 0.380 e. The lowest BCUT2D eigenvalue weighted by Gasteiger charge is -2.46. The Morgan fingerprint density at radius 3 is 2.56 bits per heavy atom. The molecule has 2 N–H and O–H groups in total. The number of carbonyl (C=O) groups is 1. The highest BCUT2D eigenvalue weighted by Crippen LogP contribution is 2.26. The summed E-state index contributed by atoms with van der Waals surface area (Å²) in [4.78, 5) is 16.8. The molecule has 2 aliphatic rings. The highest BCUT2D eigenvalue weighted by Gasteiger charge is 2.32. The first-order chi connectivity index (χ1) is 12.1. The van der Waals surface area contributed by atoms with Crippen LogP contribution in [0, 0.1) is 0 Å². The van der Waals surface area contributed by atoms with Gasteiger partial charge in [0.15, 0.2) is 0 Å². The van der Waals surface area contributed by atoms with Gasteiger partial charge in [0.1, 0.15) is 0 Å². The van der Waals surface area contributed by atoms with Crippen LogP contribution >= 0.6 is 11.6 Å². The van der Waals surface area contributed by atoms with E-state index in [4.69, 9.17) is 11.6 Å². The normalized spacial score (nSPS) is 19.5. The summed E-state index contributed by atoms with van der Waals surface area (Å²) in [6.07, 6.45) is 2.50. The van der Waals surface area contributed by atoms with E-state index in [-0.39, 0.29) is 5.91 Å². The fourth-order valence-corrected chi connectivity index (χ4v) is 4.03. The van der Waals surface area contributed by atoms with Gasteiger partial charge in [0, 0.05) is 37.9 Å². The topological polar surface area (TPSA) is 47.6 Å². The number of likely N-dealkylation sites (tertiary alicyclic amines) is 1. The van der Waals surface area contributed by atoms with Gasteiger partial charge in [0.05, 0.1) is 16.6 Å². The summed E-state index contributed by atoms with van der Waals surface area (Å²) in [6, 6.07) is 6.89. The van der Waals surface area contributed by atoms with E-state index in [0.29, 0.717) is 29.7 Å². The van der Waals surface area contributed by atoms with Crippen LogP contribution in [0.3, 0.4) is 0 Å². The molecule has 6 heteroatoms. The fraction of sp³-hybridized carbons (Fsp3) is 0.632. The summed E-state index contributed by atoms with van der Waals surface area (Å²) < 4.78 is 0. The van der Waals surface area contributed by atoms with Gasteiger partial charge >= 0.3 is 0 Å². The van der Waals surface area contributed by atoms with Gasteiger partial charge in [-0.3, -0.25) is 9.69 Å². The molecule has 0 unspecified atom stereocenters. The first kappa shape index (κ1) is 18.5. The molecule has 3 rings (SSSR count). The van der Waals surface area contributed by atoms with Gasteiger partial charge in [-0.25, -0.2) is 0 Å². The van der Waals surface area contributed by atoms with Crippen molar-refractivity contribution in [1.29, 1.82) is 0 Å². The molecule has 0 aromatic heterocycles. The van der Waals surface area contributed by atoms with Gasteiger partial charge in [0.2, 0.25) is 0 Å². The first-order valence-electron chi connectivity index (χ1n) is 9.42. The van der Waals surface area contributed by atoms with Crippen molar-refractivity contribution in [2.24, 2.45) is 0 Å². The van der Waals surface area contributed by atoms with Gasteiger partial charge < -0.3 is 15.5 Å². The maximum absolute atomic E-state index is 12.5. The van der Waals surface area contributed by atoms with Gasteiger partial charge in [-0.15, -0.1) is 0 Å². The summed E-state index contributed by atoms with van der Waals surface area (Å²) in [5.41, 5.74) is 1.58. The molecule has 138 valence electrons.